The van der Waals surface area contributed by atoms with Crippen LogP contribution in [-0.2, 0) is 32.7 Å². The van der Waals surface area contributed by atoms with Crippen LogP contribution >= 0.6 is 7.82 Å². The van der Waals surface area contributed by atoms with Gasteiger partial charge in [0.1, 0.15) is 6.61 Å². The van der Waals surface area contributed by atoms with Crippen LogP contribution in [0, 0.1) is 0 Å². The normalized spacial score (nSPS) is 13.7. The first-order chi connectivity index (χ1) is 36.8. The van der Waals surface area contributed by atoms with Crippen molar-refractivity contribution < 1.29 is 37.6 Å². The van der Waals surface area contributed by atoms with Gasteiger partial charge in [-0.15, -0.1) is 0 Å². The SMILES string of the molecule is CC/C=C\C/C=C\C/C=C\C/C=C\CCCCCCCCCCCCCCCCCCC(=O)OC(COC(=O)CCCCCCCCCCCCCC/C=C\C/C=C\C/C=C\C/C=C\CC)COP(=O)(O)OCCN. The fraction of sp³-hybridized carbons (Fsp3) is 0.723. The van der Waals surface area contributed by atoms with Crippen molar-refractivity contribution in [1.29, 1.82) is 0 Å². The summed E-state index contributed by atoms with van der Waals surface area (Å²) in [5.74, 6) is -0.825. The number of allylic oxidation sites excluding steroid dienone is 16. The number of ether oxygens (including phenoxy) is 2. The first kappa shape index (κ1) is 71.9. The number of hydrogen-bond acceptors (Lipinski definition) is 8. The van der Waals surface area contributed by atoms with Crippen molar-refractivity contribution in [1.82, 2.24) is 0 Å². The molecule has 0 fully saturated rings. The third-order valence-corrected chi connectivity index (χ3v) is 13.9. The molecule has 0 aromatic heterocycles. The summed E-state index contributed by atoms with van der Waals surface area (Å²) in [5.41, 5.74) is 5.39. The van der Waals surface area contributed by atoms with Crippen molar-refractivity contribution in [3.63, 3.8) is 0 Å². The topological polar surface area (TPSA) is 134 Å². The number of unbranched alkanes of at least 4 members (excludes halogenated alkanes) is 28. The molecule has 9 nitrogen and oxygen atoms in total. The van der Waals surface area contributed by atoms with E-state index in [0.29, 0.717) is 6.42 Å². The molecule has 3 N–H and O–H groups in total. The molecule has 2 atom stereocenters. The standard InChI is InChI=1S/C65H114NO8P/c1-3-5-7-9-11-13-15-17-19-21-23-25-27-29-30-31-32-34-36-38-40-42-44-46-48-50-52-54-56-58-65(68)74-63(62-73-75(69,70)72-60-59-66)61-71-64(67)57-55-53-51-49-47-45-43-41-39-37-35-33-28-26-24-22-20-18-16-14-12-10-8-6-4-2/h5-8,11-14,17-20,23-26,63H,3-4,9-10,15-16,21-22,27-62,66H2,1-2H3,(H,69,70)/b7-5-,8-6-,13-11-,14-12-,19-17-,20-18-,25-23-,26-24-. The van der Waals surface area contributed by atoms with Crippen LogP contribution < -0.4 is 5.73 Å². The lowest BCUT2D eigenvalue weighted by Crippen LogP contribution is -2.29. The molecule has 0 aliphatic rings. The molecule has 2 unspecified atom stereocenters. The molecule has 0 bridgehead atoms. The van der Waals surface area contributed by atoms with Crippen LogP contribution in [0.25, 0.3) is 0 Å². The van der Waals surface area contributed by atoms with Crippen molar-refractivity contribution in [2.24, 2.45) is 5.73 Å². The Hall–Kier alpha value is -3.07. The summed E-state index contributed by atoms with van der Waals surface area (Å²) in [6.45, 7) is 3.54. The summed E-state index contributed by atoms with van der Waals surface area (Å²) in [6, 6.07) is 0. The largest absolute Gasteiger partial charge is 0.472 e. The van der Waals surface area contributed by atoms with Gasteiger partial charge in [0.05, 0.1) is 13.2 Å². The van der Waals surface area contributed by atoms with Gasteiger partial charge in [0.15, 0.2) is 6.10 Å². The zero-order chi connectivity index (χ0) is 54.5. The molecule has 432 valence electrons. The van der Waals surface area contributed by atoms with E-state index in [-0.39, 0.29) is 38.6 Å². The van der Waals surface area contributed by atoms with E-state index in [9.17, 15) is 19.0 Å². The average molecular weight is 1070 g/mol. The Morgan fingerprint density at radius 1 is 0.400 bits per heavy atom. The highest BCUT2D eigenvalue weighted by molar-refractivity contribution is 7.47. The van der Waals surface area contributed by atoms with E-state index in [2.05, 4.69) is 111 Å². The third-order valence-electron chi connectivity index (χ3n) is 13.0. The van der Waals surface area contributed by atoms with Crippen molar-refractivity contribution in [2.75, 3.05) is 26.4 Å². The fourth-order valence-corrected chi connectivity index (χ4v) is 9.27. The number of esters is 2. The first-order valence-corrected chi connectivity index (χ1v) is 32.2. The summed E-state index contributed by atoms with van der Waals surface area (Å²) in [6.07, 6.45) is 80.4. The Kier molecular flexibility index (Phi) is 57.7. The van der Waals surface area contributed by atoms with Gasteiger partial charge in [-0.3, -0.25) is 18.6 Å². The van der Waals surface area contributed by atoms with Gasteiger partial charge < -0.3 is 20.1 Å². The highest BCUT2D eigenvalue weighted by atomic mass is 31.2. The second-order valence-electron chi connectivity index (χ2n) is 20.2. The maximum atomic E-state index is 12.7. The molecule has 0 aliphatic carbocycles. The van der Waals surface area contributed by atoms with E-state index in [1.54, 1.807) is 0 Å². The van der Waals surface area contributed by atoms with E-state index in [1.807, 2.05) is 0 Å². The molecule has 0 rings (SSSR count). The van der Waals surface area contributed by atoms with Crippen LogP contribution in [0.1, 0.15) is 271 Å². The molecule has 0 spiro atoms. The van der Waals surface area contributed by atoms with Crippen molar-refractivity contribution in [3.8, 4) is 0 Å². The van der Waals surface area contributed by atoms with Gasteiger partial charge in [-0.1, -0.05) is 265 Å². The summed E-state index contributed by atoms with van der Waals surface area (Å²) in [7, 11) is -4.39. The molecule has 0 heterocycles. The quantitative estimate of drug-likeness (QED) is 0.0264. The fourth-order valence-electron chi connectivity index (χ4n) is 8.50. The van der Waals surface area contributed by atoms with Crippen LogP contribution in [0.2, 0.25) is 0 Å². The van der Waals surface area contributed by atoms with Crippen LogP contribution in [0.3, 0.4) is 0 Å². The molecule has 0 saturated carbocycles. The number of phosphoric acid groups is 1. The van der Waals surface area contributed by atoms with Crippen molar-refractivity contribution in [3.05, 3.63) is 97.2 Å². The predicted octanol–water partition coefficient (Wildman–Crippen LogP) is 19.6. The van der Waals surface area contributed by atoms with Crippen LogP contribution in [0.5, 0.6) is 0 Å². The summed E-state index contributed by atoms with van der Waals surface area (Å²) >= 11 is 0. The first-order valence-electron chi connectivity index (χ1n) is 30.7. The molecular weight excluding hydrogens is 954 g/mol. The van der Waals surface area contributed by atoms with Crippen molar-refractivity contribution >= 4 is 19.8 Å². The van der Waals surface area contributed by atoms with Gasteiger partial charge in [-0.2, -0.15) is 0 Å². The summed E-state index contributed by atoms with van der Waals surface area (Å²) in [4.78, 5) is 35.3. The molecule has 10 heteroatoms. The number of phosphoric ester groups is 1. The smallest absolute Gasteiger partial charge is 0.462 e. The van der Waals surface area contributed by atoms with Crippen LogP contribution in [0.15, 0.2) is 97.2 Å². The molecule has 75 heavy (non-hydrogen) atoms. The van der Waals surface area contributed by atoms with Gasteiger partial charge in [-0.05, 0) is 89.9 Å². The number of rotatable bonds is 57. The van der Waals surface area contributed by atoms with Gasteiger partial charge in [0.25, 0.3) is 0 Å². The van der Waals surface area contributed by atoms with Crippen molar-refractivity contribution in [2.45, 2.75) is 277 Å². The lowest BCUT2D eigenvalue weighted by atomic mass is 10.0. The summed E-state index contributed by atoms with van der Waals surface area (Å²) < 4.78 is 33.1. The minimum atomic E-state index is -4.39. The minimum absolute atomic E-state index is 0.0504. The second-order valence-corrected chi connectivity index (χ2v) is 21.6. The average Bonchev–Trinajstić information content (AvgIpc) is 3.40. The van der Waals surface area contributed by atoms with Crippen LogP contribution in [-0.4, -0.2) is 49.3 Å². The Morgan fingerprint density at radius 2 is 0.693 bits per heavy atom. The Morgan fingerprint density at radius 3 is 1.03 bits per heavy atom. The highest BCUT2D eigenvalue weighted by Crippen LogP contribution is 2.43. The second kappa shape index (κ2) is 60.2. The van der Waals surface area contributed by atoms with E-state index in [0.717, 1.165) is 89.9 Å². The molecule has 0 amide bonds. The molecule has 0 saturated heterocycles. The van der Waals surface area contributed by atoms with E-state index in [1.165, 1.54) is 148 Å². The number of hydrogen-bond donors (Lipinski definition) is 2. The Labute approximate surface area is 461 Å². The lowest BCUT2D eigenvalue weighted by Gasteiger charge is -2.19. The summed E-state index contributed by atoms with van der Waals surface area (Å²) in [5, 5.41) is 0. The number of nitrogens with two attached hydrogens (primary N) is 1. The van der Waals surface area contributed by atoms with Gasteiger partial charge in [0.2, 0.25) is 0 Å². The predicted molar refractivity (Wildman–Crippen MR) is 321 cm³/mol. The molecule has 0 radical (unpaired) electrons. The van der Waals surface area contributed by atoms with E-state index < -0.39 is 26.5 Å². The third kappa shape index (κ3) is 60.0. The number of carbonyl (C=O) groups excluding carboxylic acids is 2. The maximum Gasteiger partial charge on any atom is 0.472 e. The van der Waals surface area contributed by atoms with Gasteiger partial charge >= 0.3 is 19.8 Å². The molecule has 0 aromatic carbocycles. The Balaban J connectivity index is 3.94. The van der Waals surface area contributed by atoms with E-state index >= 15 is 0 Å². The molecular formula is C65H114NO8P. The Bertz CT molecular complexity index is 1550. The maximum absolute atomic E-state index is 12.7. The highest BCUT2D eigenvalue weighted by Gasteiger charge is 2.26. The lowest BCUT2D eigenvalue weighted by molar-refractivity contribution is -0.161. The minimum Gasteiger partial charge on any atom is -0.462 e. The van der Waals surface area contributed by atoms with Gasteiger partial charge in [0, 0.05) is 19.4 Å². The number of carbonyl (C=O) groups is 2. The van der Waals surface area contributed by atoms with Crippen LogP contribution in [0.4, 0.5) is 0 Å². The molecule has 0 aliphatic heterocycles. The van der Waals surface area contributed by atoms with E-state index in [4.69, 9.17) is 24.3 Å². The van der Waals surface area contributed by atoms with Gasteiger partial charge in [-0.25, -0.2) is 4.57 Å². The molecule has 0 aromatic rings. The zero-order valence-electron chi connectivity index (χ0n) is 48.3. The monoisotopic (exact) mass is 1070 g/mol. The zero-order valence-corrected chi connectivity index (χ0v) is 49.2.